The van der Waals surface area contributed by atoms with Gasteiger partial charge in [-0.05, 0) is 71.5 Å². The fourth-order valence-corrected chi connectivity index (χ4v) is 4.84. The van der Waals surface area contributed by atoms with Gasteiger partial charge in [-0.2, -0.15) is 0 Å². The van der Waals surface area contributed by atoms with Crippen molar-refractivity contribution in [3.63, 3.8) is 0 Å². The maximum Gasteiger partial charge on any atom is 0.119 e. The van der Waals surface area contributed by atoms with Gasteiger partial charge in [-0.1, -0.05) is 78.9 Å². The number of benzene rings is 4. The Labute approximate surface area is 202 Å². The van der Waals surface area contributed by atoms with Crippen LogP contribution in [0, 0.1) is 0 Å². The molecule has 4 aromatic rings. The predicted octanol–water partition coefficient (Wildman–Crippen LogP) is 6.51. The smallest absolute Gasteiger partial charge is 0.119 e. The van der Waals surface area contributed by atoms with Crippen LogP contribution < -0.4 is 10.1 Å². The molecule has 1 aliphatic heterocycles. The normalized spacial score (nSPS) is 18.1. The predicted molar refractivity (Wildman–Crippen MR) is 139 cm³/mol. The number of ether oxygens (including phenoxy) is 2. The molecule has 2 unspecified atom stereocenters. The quantitative estimate of drug-likeness (QED) is 0.294. The lowest BCUT2D eigenvalue weighted by Crippen LogP contribution is -2.40. The van der Waals surface area contributed by atoms with E-state index in [0.717, 1.165) is 44.7 Å². The van der Waals surface area contributed by atoms with E-state index in [1.54, 1.807) is 0 Å². The van der Waals surface area contributed by atoms with Crippen molar-refractivity contribution in [2.75, 3.05) is 19.7 Å². The zero-order chi connectivity index (χ0) is 23.0. The standard InChI is InChI=1S/C31H33NO2/c1-2-7-24(8-3-1)9-6-20-33-29-16-14-27(15-17-29)30-18-19-32-22-31(30)34-23-25-12-13-26-10-4-5-11-28(26)21-25/h1-5,7-8,10-17,21,30-32H,6,9,18-20,22-23H2. The van der Waals surface area contributed by atoms with Crippen molar-refractivity contribution >= 4 is 10.8 Å². The number of hydrogen-bond donors (Lipinski definition) is 1. The third kappa shape index (κ3) is 5.85. The van der Waals surface area contributed by atoms with Crippen LogP contribution in [-0.4, -0.2) is 25.8 Å². The molecule has 0 radical (unpaired) electrons. The van der Waals surface area contributed by atoms with Crippen molar-refractivity contribution in [2.45, 2.75) is 37.9 Å². The van der Waals surface area contributed by atoms with Crippen molar-refractivity contribution in [1.29, 1.82) is 0 Å². The highest BCUT2D eigenvalue weighted by Gasteiger charge is 2.27. The Hall–Kier alpha value is -3.14. The Bertz CT molecular complexity index is 1170. The highest BCUT2D eigenvalue weighted by Crippen LogP contribution is 2.30. The summed E-state index contributed by atoms with van der Waals surface area (Å²) in [5.74, 6) is 1.34. The number of fused-ring (bicyclic) bond motifs is 1. The summed E-state index contributed by atoms with van der Waals surface area (Å²) in [6.45, 7) is 3.28. The van der Waals surface area contributed by atoms with E-state index in [-0.39, 0.29) is 6.10 Å². The fraction of sp³-hybridized carbons (Fsp3) is 0.290. The summed E-state index contributed by atoms with van der Waals surface area (Å²) in [6, 6.07) is 34.3. The monoisotopic (exact) mass is 451 g/mol. The summed E-state index contributed by atoms with van der Waals surface area (Å²) in [5.41, 5.74) is 3.92. The van der Waals surface area contributed by atoms with Gasteiger partial charge in [0.25, 0.3) is 0 Å². The topological polar surface area (TPSA) is 30.5 Å². The third-order valence-electron chi connectivity index (χ3n) is 6.73. The lowest BCUT2D eigenvalue weighted by atomic mass is 9.87. The highest BCUT2D eigenvalue weighted by atomic mass is 16.5. The molecule has 1 fully saturated rings. The van der Waals surface area contributed by atoms with Gasteiger partial charge in [0.1, 0.15) is 5.75 Å². The molecule has 1 heterocycles. The van der Waals surface area contributed by atoms with Gasteiger partial charge in [0.2, 0.25) is 0 Å². The first-order valence-corrected chi connectivity index (χ1v) is 12.4. The molecule has 0 spiro atoms. The molecule has 1 N–H and O–H groups in total. The Morgan fingerprint density at radius 2 is 1.56 bits per heavy atom. The van der Waals surface area contributed by atoms with Crippen molar-refractivity contribution in [2.24, 2.45) is 0 Å². The number of piperidine rings is 1. The average molecular weight is 452 g/mol. The second kappa shape index (κ2) is 11.3. The minimum absolute atomic E-state index is 0.165. The van der Waals surface area contributed by atoms with E-state index in [2.05, 4.69) is 102 Å². The third-order valence-corrected chi connectivity index (χ3v) is 6.73. The minimum atomic E-state index is 0.165. The lowest BCUT2D eigenvalue weighted by Gasteiger charge is -2.32. The molecule has 4 aromatic carbocycles. The molecule has 3 heteroatoms. The van der Waals surface area contributed by atoms with Crippen molar-refractivity contribution in [3.8, 4) is 5.75 Å². The van der Waals surface area contributed by atoms with E-state index in [1.807, 2.05) is 0 Å². The summed E-state index contributed by atoms with van der Waals surface area (Å²) in [5, 5.41) is 6.04. The molecule has 0 saturated carbocycles. The van der Waals surface area contributed by atoms with Gasteiger partial charge >= 0.3 is 0 Å². The van der Waals surface area contributed by atoms with Crippen LogP contribution in [0.5, 0.6) is 5.75 Å². The van der Waals surface area contributed by atoms with Crippen molar-refractivity contribution < 1.29 is 9.47 Å². The molecule has 3 nitrogen and oxygen atoms in total. The van der Waals surface area contributed by atoms with Gasteiger partial charge in [0, 0.05) is 12.5 Å². The van der Waals surface area contributed by atoms with E-state index in [4.69, 9.17) is 9.47 Å². The van der Waals surface area contributed by atoms with Crippen LogP contribution in [-0.2, 0) is 17.8 Å². The zero-order valence-corrected chi connectivity index (χ0v) is 19.7. The van der Waals surface area contributed by atoms with E-state index < -0.39 is 0 Å². The van der Waals surface area contributed by atoms with Crippen LogP contribution in [0.15, 0.2) is 97.1 Å². The second-order valence-corrected chi connectivity index (χ2v) is 9.14. The van der Waals surface area contributed by atoms with Crippen molar-refractivity contribution in [1.82, 2.24) is 5.32 Å². The van der Waals surface area contributed by atoms with Gasteiger partial charge in [-0.25, -0.2) is 0 Å². The van der Waals surface area contributed by atoms with E-state index in [0.29, 0.717) is 12.5 Å². The lowest BCUT2D eigenvalue weighted by molar-refractivity contribution is 0.0106. The highest BCUT2D eigenvalue weighted by molar-refractivity contribution is 5.82. The first-order chi connectivity index (χ1) is 16.8. The first-order valence-electron chi connectivity index (χ1n) is 12.4. The van der Waals surface area contributed by atoms with Crippen LogP contribution in [0.3, 0.4) is 0 Å². The van der Waals surface area contributed by atoms with Gasteiger partial charge in [0.15, 0.2) is 0 Å². The number of hydrogen-bond acceptors (Lipinski definition) is 3. The van der Waals surface area contributed by atoms with Crippen LogP contribution in [0.25, 0.3) is 10.8 Å². The molecule has 2 atom stereocenters. The molecular formula is C31H33NO2. The maximum atomic E-state index is 6.44. The van der Waals surface area contributed by atoms with E-state index in [1.165, 1.54) is 27.5 Å². The second-order valence-electron chi connectivity index (χ2n) is 9.14. The Balaban J connectivity index is 1.15. The van der Waals surface area contributed by atoms with Gasteiger partial charge in [-0.3, -0.25) is 0 Å². The Morgan fingerprint density at radius 3 is 2.41 bits per heavy atom. The van der Waals surface area contributed by atoms with Crippen LogP contribution >= 0.6 is 0 Å². The van der Waals surface area contributed by atoms with Gasteiger partial charge in [-0.15, -0.1) is 0 Å². The number of rotatable bonds is 9. The molecule has 174 valence electrons. The SMILES string of the molecule is c1ccc(CCCOc2ccc(C3CCNCC3OCc3ccc4ccccc4c3)cc2)cc1. The molecule has 1 aliphatic rings. The Morgan fingerprint density at radius 1 is 0.765 bits per heavy atom. The largest absolute Gasteiger partial charge is 0.494 e. The first kappa shape index (κ1) is 22.6. The van der Waals surface area contributed by atoms with Crippen LogP contribution in [0.4, 0.5) is 0 Å². The zero-order valence-electron chi connectivity index (χ0n) is 19.7. The molecule has 1 saturated heterocycles. The van der Waals surface area contributed by atoms with E-state index >= 15 is 0 Å². The summed E-state index contributed by atoms with van der Waals surface area (Å²) in [6.07, 6.45) is 3.31. The Kier molecular flexibility index (Phi) is 7.54. The van der Waals surface area contributed by atoms with Gasteiger partial charge in [0.05, 0.1) is 19.3 Å². The average Bonchev–Trinajstić information content (AvgIpc) is 2.91. The molecule has 0 bridgehead atoms. The molecule has 0 aliphatic carbocycles. The van der Waals surface area contributed by atoms with Gasteiger partial charge < -0.3 is 14.8 Å². The summed E-state index contributed by atoms with van der Waals surface area (Å²) < 4.78 is 12.4. The molecule has 34 heavy (non-hydrogen) atoms. The van der Waals surface area contributed by atoms with Crippen LogP contribution in [0.2, 0.25) is 0 Å². The molecule has 0 amide bonds. The van der Waals surface area contributed by atoms with E-state index in [9.17, 15) is 0 Å². The van der Waals surface area contributed by atoms with Crippen LogP contribution in [0.1, 0.15) is 35.4 Å². The number of aryl methyl sites for hydroxylation is 1. The molecular weight excluding hydrogens is 418 g/mol. The molecule has 0 aromatic heterocycles. The number of nitrogens with one attached hydrogen (secondary N) is 1. The summed E-state index contributed by atoms with van der Waals surface area (Å²) in [7, 11) is 0. The molecule has 5 rings (SSSR count). The summed E-state index contributed by atoms with van der Waals surface area (Å²) in [4.78, 5) is 0. The maximum absolute atomic E-state index is 6.44. The summed E-state index contributed by atoms with van der Waals surface area (Å²) >= 11 is 0. The fourth-order valence-electron chi connectivity index (χ4n) is 4.84. The minimum Gasteiger partial charge on any atom is -0.494 e. The van der Waals surface area contributed by atoms with Crippen molar-refractivity contribution in [3.05, 3.63) is 114 Å².